The molecule has 0 aromatic heterocycles. The maximum Gasteiger partial charge on any atom is 0.0933 e. The molecule has 70 valence electrons. The van der Waals surface area contributed by atoms with Gasteiger partial charge >= 0.3 is 0 Å². The van der Waals surface area contributed by atoms with Crippen LogP contribution in [0.4, 0.5) is 0 Å². The van der Waals surface area contributed by atoms with Gasteiger partial charge in [-0.25, -0.2) is 0 Å². The molecule has 3 heteroatoms. The van der Waals surface area contributed by atoms with E-state index in [0.29, 0.717) is 0 Å². The van der Waals surface area contributed by atoms with Crippen LogP contribution in [0, 0.1) is 12.3 Å². The van der Waals surface area contributed by atoms with Crippen LogP contribution in [0.3, 0.4) is 0 Å². The van der Waals surface area contributed by atoms with Gasteiger partial charge in [0.05, 0.1) is 24.9 Å². The standard InChI is InChI=1S/C9H16O3/c1-4-5-8(11)9(2,3)12-7-6-10/h1,8,10-11H,5-7H2,2-3H3. The van der Waals surface area contributed by atoms with E-state index in [4.69, 9.17) is 16.3 Å². The van der Waals surface area contributed by atoms with E-state index in [0.717, 1.165) is 0 Å². The number of terminal acetylenes is 1. The van der Waals surface area contributed by atoms with Crippen molar-refractivity contribution in [3.8, 4) is 12.3 Å². The van der Waals surface area contributed by atoms with Gasteiger partial charge in [0.25, 0.3) is 0 Å². The minimum atomic E-state index is -0.686. The second kappa shape index (κ2) is 5.15. The second-order valence-corrected chi connectivity index (χ2v) is 3.10. The van der Waals surface area contributed by atoms with E-state index >= 15 is 0 Å². The first-order valence-corrected chi connectivity index (χ1v) is 3.91. The SMILES string of the molecule is C#CCC(O)C(C)(C)OCCO. The largest absolute Gasteiger partial charge is 0.394 e. The van der Waals surface area contributed by atoms with Gasteiger partial charge in [-0.3, -0.25) is 0 Å². The van der Waals surface area contributed by atoms with Gasteiger partial charge in [-0.05, 0) is 13.8 Å². The summed E-state index contributed by atoms with van der Waals surface area (Å²) in [5.41, 5.74) is -0.685. The molecular formula is C9H16O3. The van der Waals surface area contributed by atoms with Crippen LogP contribution in [0.5, 0.6) is 0 Å². The zero-order valence-corrected chi connectivity index (χ0v) is 7.58. The zero-order chi connectivity index (χ0) is 9.61. The minimum absolute atomic E-state index is 0.0494. The first-order chi connectivity index (χ1) is 5.54. The average molecular weight is 172 g/mol. The van der Waals surface area contributed by atoms with Crippen molar-refractivity contribution in [1.82, 2.24) is 0 Å². The Morgan fingerprint density at radius 3 is 2.58 bits per heavy atom. The highest BCUT2D eigenvalue weighted by atomic mass is 16.5. The molecule has 0 bridgehead atoms. The lowest BCUT2D eigenvalue weighted by Gasteiger charge is -2.29. The Morgan fingerprint density at radius 2 is 2.17 bits per heavy atom. The Hall–Kier alpha value is -0.560. The fourth-order valence-corrected chi connectivity index (χ4v) is 0.762. The molecule has 0 amide bonds. The van der Waals surface area contributed by atoms with Crippen LogP contribution in [0.2, 0.25) is 0 Å². The summed E-state index contributed by atoms with van der Waals surface area (Å²) in [6, 6.07) is 0. The maximum atomic E-state index is 9.45. The number of rotatable bonds is 5. The van der Waals surface area contributed by atoms with Crippen molar-refractivity contribution in [2.75, 3.05) is 13.2 Å². The van der Waals surface area contributed by atoms with E-state index in [2.05, 4.69) is 5.92 Å². The molecule has 1 atom stereocenters. The van der Waals surface area contributed by atoms with Crippen molar-refractivity contribution >= 4 is 0 Å². The van der Waals surface area contributed by atoms with Crippen LogP contribution in [-0.2, 0) is 4.74 Å². The summed E-state index contributed by atoms with van der Waals surface area (Å²) >= 11 is 0. The fraction of sp³-hybridized carbons (Fsp3) is 0.778. The Labute approximate surface area is 73.4 Å². The topological polar surface area (TPSA) is 49.7 Å². The molecule has 0 aromatic carbocycles. The van der Waals surface area contributed by atoms with E-state index in [1.165, 1.54) is 0 Å². The predicted molar refractivity (Wildman–Crippen MR) is 46.6 cm³/mol. The van der Waals surface area contributed by atoms with E-state index in [1.54, 1.807) is 13.8 Å². The molecule has 0 aliphatic heterocycles. The number of hydrogen-bond donors (Lipinski definition) is 2. The molecule has 0 saturated carbocycles. The lowest BCUT2D eigenvalue weighted by Crippen LogP contribution is -2.39. The Balaban J connectivity index is 3.92. The molecule has 0 rings (SSSR count). The van der Waals surface area contributed by atoms with Crippen molar-refractivity contribution in [2.45, 2.75) is 32.0 Å². The molecular weight excluding hydrogens is 156 g/mol. The normalized spacial score (nSPS) is 13.9. The smallest absolute Gasteiger partial charge is 0.0933 e. The monoisotopic (exact) mass is 172 g/mol. The lowest BCUT2D eigenvalue weighted by atomic mass is 9.99. The molecule has 0 spiro atoms. The van der Waals surface area contributed by atoms with E-state index in [9.17, 15) is 5.11 Å². The molecule has 3 nitrogen and oxygen atoms in total. The second-order valence-electron chi connectivity index (χ2n) is 3.10. The molecule has 0 aliphatic rings. The van der Waals surface area contributed by atoms with Gasteiger partial charge in [0.15, 0.2) is 0 Å². The quantitative estimate of drug-likeness (QED) is 0.581. The first-order valence-electron chi connectivity index (χ1n) is 3.91. The number of aliphatic hydroxyl groups excluding tert-OH is 2. The van der Waals surface area contributed by atoms with Gasteiger partial charge in [0, 0.05) is 6.42 Å². The highest BCUT2D eigenvalue weighted by Crippen LogP contribution is 2.16. The van der Waals surface area contributed by atoms with Crippen molar-refractivity contribution in [3.05, 3.63) is 0 Å². The summed E-state index contributed by atoms with van der Waals surface area (Å²) in [5.74, 6) is 2.36. The summed E-state index contributed by atoms with van der Waals surface area (Å²) in [6.45, 7) is 3.65. The van der Waals surface area contributed by atoms with Crippen LogP contribution in [0.1, 0.15) is 20.3 Å². The predicted octanol–water partition coefficient (Wildman–Crippen LogP) is 0.158. The van der Waals surface area contributed by atoms with Gasteiger partial charge < -0.3 is 14.9 Å². The molecule has 12 heavy (non-hydrogen) atoms. The van der Waals surface area contributed by atoms with Crippen molar-refractivity contribution < 1.29 is 14.9 Å². The molecule has 0 fully saturated rings. The number of hydrogen-bond acceptors (Lipinski definition) is 3. The highest BCUT2D eigenvalue weighted by Gasteiger charge is 2.27. The van der Waals surface area contributed by atoms with Crippen molar-refractivity contribution in [2.24, 2.45) is 0 Å². The Bertz CT molecular complexity index is 158. The summed E-state index contributed by atoms with van der Waals surface area (Å²) < 4.78 is 5.20. The van der Waals surface area contributed by atoms with Gasteiger partial charge in [0.1, 0.15) is 0 Å². The maximum absolute atomic E-state index is 9.45. The van der Waals surface area contributed by atoms with Crippen LogP contribution in [-0.4, -0.2) is 35.1 Å². The molecule has 0 saturated heterocycles. The van der Waals surface area contributed by atoms with E-state index < -0.39 is 11.7 Å². The third-order valence-electron chi connectivity index (χ3n) is 1.68. The lowest BCUT2D eigenvalue weighted by molar-refractivity contribution is -0.105. The number of aliphatic hydroxyl groups is 2. The molecule has 0 aliphatic carbocycles. The van der Waals surface area contributed by atoms with Crippen molar-refractivity contribution in [1.29, 1.82) is 0 Å². The van der Waals surface area contributed by atoms with Gasteiger partial charge in [-0.2, -0.15) is 0 Å². The Morgan fingerprint density at radius 1 is 1.58 bits per heavy atom. The van der Waals surface area contributed by atoms with Crippen LogP contribution in [0.25, 0.3) is 0 Å². The molecule has 0 aromatic rings. The third-order valence-corrected chi connectivity index (χ3v) is 1.68. The van der Waals surface area contributed by atoms with Crippen LogP contribution in [0.15, 0.2) is 0 Å². The van der Waals surface area contributed by atoms with E-state index in [-0.39, 0.29) is 19.6 Å². The van der Waals surface area contributed by atoms with E-state index in [1.807, 2.05) is 0 Å². The summed E-state index contributed by atoms with van der Waals surface area (Å²) in [4.78, 5) is 0. The van der Waals surface area contributed by atoms with Crippen molar-refractivity contribution in [3.63, 3.8) is 0 Å². The summed E-state index contributed by atoms with van der Waals surface area (Å²) in [5, 5.41) is 17.9. The fourth-order valence-electron chi connectivity index (χ4n) is 0.762. The first kappa shape index (κ1) is 11.4. The zero-order valence-electron chi connectivity index (χ0n) is 7.58. The van der Waals surface area contributed by atoms with Gasteiger partial charge in [0.2, 0.25) is 0 Å². The van der Waals surface area contributed by atoms with Gasteiger partial charge in [-0.1, -0.05) is 0 Å². The molecule has 0 radical (unpaired) electrons. The molecule has 1 unspecified atom stereocenters. The molecule has 0 heterocycles. The highest BCUT2D eigenvalue weighted by molar-refractivity contribution is 4.92. The minimum Gasteiger partial charge on any atom is -0.394 e. The van der Waals surface area contributed by atoms with Gasteiger partial charge in [-0.15, -0.1) is 12.3 Å². The average Bonchev–Trinajstić information content (AvgIpc) is 2.01. The number of ether oxygens (including phenoxy) is 1. The third kappa shape index (κ3) is 3.72. The summed E-state index contributed by atoms with van der Waals surface area (Å²) in [6.07, 6.45) is 4.62. The van der Waals surface area contributed by atoms with Crippen LogP contribution < -0.4 is 0 Å². The van der Waals surface area contributed by atoms with Crippen LogP contribution >= 0.6 is 0 Å². The summed E-state index contributed by atoms with van der Waals surface area (Å²) in [7, 11) is 0. The Kier molecular flexibility index (Phi) is 4.91. The molecule has 2 N–H and O–H groups in total.